The zero-order valence-electron chi connectivity index (χ0n) is 28.4. The third kappa shape index (κ3) is 11.6. The number of cyclic esters (lactones) is 1. The molecule has 1 unspecified atom stereocenters. The number of amides is 3. The Morgan fingerprint density at radius 2 is 1.96 bits per heavy atom. The van der Waals surface area contributed by atoms with Crippen molar-refractivity contribution in [1.29, 1.82) is 0 Å². The van der Waals surface area contributed by atoms with Gasteiger partial charge >= 0.3 is 11.9 Å². The molecule has 2 aliphatic rings. The van der Waals surface area contributed by atoms with E-state index in [9.17, 15) is 39.0 Å². The molecule has 1 aromatic heterocycles. The normalized spacial score (nSPS) is 25.0. The van der Waals surface area contributed by atoms with Gasteiger partial charge in [0.1, 0.15) is 24.0 Å². The smallest absolute Gasteiger partial charge is 0.355 e. The molecule has 2 bridgehead atoms. The molecule has 5 N–H and O–H groups in total. The van der Waals surface area contributed by atoms with E-state index in [1.807, 2.05) is 20.8 Å². The van der Waals surface area contributed by atoms with E-state index in [0.29, 0.717) is 12.0 Å². The molecular formula is C34H43N5O11. The van der Waals surface area contributed by atoms with Crippen molar-refractivity contribution < 1.29 is 53.0 Å². The molecule has 4 atom stereocenters. The van der Waals surface area contributed by atoms with Crippen molar-refractivity contribution in [2.24, 2.45) is 28.6 Å². The van der Waals surface area contributed by atoms with Gasteiger partial charge in [0.2, 0.25) is 17.7 Å². The number of ether oxygens (including phenoxy) is 1. The molecule has 50 heavy (non-hydrogen) atoms. The maximum absolute atomic E-state index is 13.5. The Bertz CT molecular complexity index is 1600. The fourth-order valence-corrected chi connectivity index (χ4v) is 5.24. The number of fused-ring (bicyclic) bond motifs is 3. The van der Waals surface area contributed by atoms with Crippen LogP contribution in [0.3, 0.4) is 0 Å². The Morgan fingerprint density at radius 1 is 1.22 bits per heavy atom. The highest BCUT2D eigenvalue weighted by molar-refractivity contribution is 6.02. The van der Waals surface area contributed by atoms with Crippen molar-refractivity contribution >= 4 is 41.2 Å². The lowest BCUT2D eigenvalue weighted by Gasteiger charge is -2.27. The number of carboxylic acid groups (broad SMARTS) is 1. The maximum Gasteiger partial charge on any atom is 0.355 e. The van der Waals surface area contributed by atoms with Crippen LogP contribution >= 0.6 is 0 Å². The average Bonchev–Trinajstić information content (AvgIpc) is 3.72. The topological polar surface area (TPSA) is 241 Å². The highest BCUT2D eigenvalue weighted by atomic mass is 16.6. The zero-order valence-corrected chi connectivity index (χ0v) is 28.4. The minimum atomic E-state index is -1.73. The summed E-state index contributed by atoms with van der Waals surface area (Å²) in [6.45, 7) is 6.88. The highest BCUT2D eigenvalue weighted by Crippen LogP contribution is 2.24. The van der Waals surface area contributed by atoms with E-state index in [1.165, 1.54) is 17.1 Å². The number of oxazole rings is 1. The summed E-state index contributed by atoms with van der Waals surface area (Å²) < 4.78 is 11.4. The number of aliphatic carboxylic acids is 1. The van der Waals surface area contributed by atoms with E-state index >= 15 is 0 Å². The van der Waals surface area contributed by atoms with Crippen LogP contribution in [0.15, 0.2) is 63.6 Å². The zero-order chi connectivity index (χ0) is 37.0. The number of nitrogens with zero attached hydrogens (tertiary/aromatic N) is 3. The number of carboxylic acids is 1. The third-order valence-electron chi connectivity index (χ3n) is 7.70. The van der Waals surface area contributed by atoms with Gasteiger partial charge in [0.05, 0.1) is 18.2 Å². The summed E-state index contributed by atoms with van der Waals surface area (Å²) in [4.78, 5) is 84.9. The molecule has 0 fully saturated rings. The number of nitrogens with one attached hydrogen (secondary N) is 1. The molecule has 16 nitrogen and oxygen atoms in total. The van der Waals surface area contributed by atoms with Gasteiger partial charge in [-0.1, -0.05) is 61.9 Å². The number of rotatable bonds is 8. The van der Waals surface area contributed by atoms with Crippen molar-refractivity contribution in [2.75, 3.05) is 19.7 Å². The van der Waals surface area contributed by atoms with Gasteiger partial charge in [-0.05, 0) is 25.3 Å². The molecule has 0 radical (unpaired) electrons. The highest BCUT2D eigenvalue weighted by Gasteiger charge is 2.34. The van der Waals surface area contributed by atoms with Crippen LogP contribution in [0, 0.1) is 17.8 Å². The second-order valence-electron chi connectivity index (χ2n) is 12.3. The van der Waals surface area contributed by atoms with Gasteiger partial charge in [-0.25, -0.2) is 9.78 Å². The number of aromatic nitrogens is 1. The third-order valence-corrected chi connectivity index (χ3v) is 7.70. The summed E-state index contributed by atoms with van der Waals surface area (Å²) in [6, 6.07) is 0. The minimum absolute atomic E-state index is 0.00566. The molecule has 270 valence electrons. The Labute approximate surface area is 288 Å². The number of ketones is 1. The number of nitrogens with two attached hydrogens (primary N) is 1. The summed E-state index contributed by atoms with van der Waals surface area (Å²) in [5.74, 6) is -7.34. The van der Waals surface area contributed by atoms with Crippen LogP contribution in [0.4, 0.5) is 0 Å². The summed E-state index contributed by atoms with van der Waals surface area (Å²) in [7, 11) is 0. The molecule has 2 aliphatic heterocycles. The van der Waals surface area contributed by atoms with Gasteiger partial charge in [0.15, 0.2) is 18.1 Å². The van der Waals surface area contributed by atoms with Crippen LogP contribution in [0.5, 0.6) is 0 Å². The van der Waals surface area contributed by atoms with Gasteiger partial charge in [-0.2, -0.15) is 0 Å². The number of aliphatic hydroxyl groups is 1. The lowest BCUT2D eigenvalue weighted by molar-refractivity contribution is -0.150. The van der Waals surface area contributed by atoms with Gasteiger partial charge in [0.25, 0.3) is 5.91 Å². The SMILES string of the molecule is CC1=C\[C@@H](O)C/C(=N\OCC(=O)[C@@H](CC(N)=O)C(=O)O)Cc2nc(co2)C(=O)N2CCC=C2C(=O)OC(C(C)C)[C@H](C)/C=C/C(=O)NC\C=C\1. The number of carbonyl (C=O) groups excluding carboxylic acids is 5. The van der Waals surface area contributed by atoms with Gasteiger partial charge in [-0.15, -0.1) is 0 Å². The number of primary amides is 1. The maximum atomic E-state index is 13.5. The number of allylic oxidation sites excluding steroid dienone is 2. The molecule has 3 heterocycles. The van der Waals surface area contributed by atoms with Crippen molar-refractivity contribution in [3.63, 3.8) is 0 Å². The van der Waals surface area contributed by atoms with Crippen molar-refractivity contribution in [3.8, 4) is 0 Å². The first-order valence-corrected chi connectivity index (χ1v) is 16.0. The number of aliphatic hydroxyl groups excluding tert-OH is 1. The Morgan fingerprint density at radius 3 is 2.64 bits per heavy atom. The Hall–Kier alpha value is -5.38. The van der Waals surface area contributed by atoms with E-state index in [-0.39, 0.29) is 66.7 Å². The molecule has 3 amide bonds. The van der Waals surface area contributed by atoms with Crippen LogP contribution in [0.1, 0.15) is 63.3 Å². The molecular weight excluding hydrogens is 654 g/mol. The van der Waals surface area contributed by atoms with E-state index in [0.717, 1.165) is 6.26 Å². The van der Waals surface area contributed by atoms with E-state index in [1.54, 1.807) is 31.2 Å². The average molecular weight is 698 g/mol. The number of hydrogen-bond donors (Lipinski definition) is 4. The number of carbonyl (C=O) groups is 6. The van der Waals surface area contributed by atoms with Gasteiger partial charge in [-0.3, -0.25) is 24.0 Å². The summed E-state index contributed by atoms with van der Waals surface area (Å²) in [5, 5.41) is 26.7. The van der Waals surface area contributed by atoms with Crippen LogP contribution in [0.25, 0.3) is 0 Å². The molecule has 0 aliphatic carbocycles. The quantitative estimate of drug-likeness (QED) is 0.172. The molecule has 3 rings (SSSR count). The summed E-state index contributed by atoms with van der Waals surface area (Å²) >= 11 is 0. The number of Topliss-reactive ketones (excluding diaryl/α,β-unsaturated/α-hetero) is 1. The number of esters is 1. The van der Waals surface area contributed by atoms with Crippen molar-refractivity contribution in [1.82, 2.24) is 15.2 Å². The molecule has 0 spiro atoms. The fourth-order valence-electron chi connectivity index (χ4n) is 5.24. The molecule has 0 saturated carbocycles. The lowest BCUT2D eigenvalue weighted by atomic mass is 9.94. The Kier molecular flexibility index (Phi) is 14.4. The molecule has 16 heteroatoms. The first kappa shape index (κ1) is 39.1. The van der Waals surface area contributed by atoms with Crippen LogP contribution in [0.2, 0.25) is 0 Å². The van der Waals surface area contributed by atoms with Crippen LogP contribution < -0.4 is 11.1 Å². The minimum Gasteiger partial charge on any atom is -0.481 e. The second kappa shape index (κ2) is 18.4. The molecule has 0 aromatic carbocycles. The van der Waals surface area contributed by atoms with Crippen molar-refractivity contribution in [2.45, 2.75) is 65.6 Å². The predicted molar refractivity (Wildman–Crippen MR) is 177 cm³/mol. The van der Waals surface area contributed by atoms with E-state index < -0.39 is 60.7 Å². The summed E-state index contributed by atoms with van der Waals surface area (Å²) in [5.41, 5.74) is 5.73. The van der Waals surface area contributed by atoms with Crippen LogP contribution in [-0.4, -0.2) is 93.2 Å². The second-order valence-corrected chi connectivity index (χ2v) is 12.3. The van der Waals surface area contributed by atoms with Gasteiger partial charge in [0, 0.05) is 31.8 Å². The number of oxime groups is 1. The molecule has 1 aromatic rings. The molecule has 0 saturated heterocycles. The fraction of sp³-hybridized carbons (Fsp3) is 0.471. The standard InChI is InChI=1S/C34H43N5O11/c1-19(2)31-21(4)9-10-29(43)36-11-5-7-20(3)13-23(40)14-22(38-49-18-27(41)24(33(45)46)16-28(35)42)15-30-37-25(17-48-30)32(44)39-12-6-8-26(39)34(47)50-31/h5,7-10,13,17,19,21,23-24,31,40H,6,11-12,14-16,18H2,1-4H3,(H2,35,42)(H,36,43)(H,45,46)/b7-5+,10-9+,20-13+,38-22+/t21-,23-,24-,31?/m1/s1. The monoisotopic (exact) mass is 697 g/mol. The number of hydrogen-bond acceptors (Lipinski definition) is 12. The lowest BCUT2D eigenvalue weighted by Crippen LogP contribution is -2.36. The van der Waals surface area contributed by atoms with E-state index in [2.05, 4.69) is 15.5 Å². The summed E-state index contributed by atoms with van der Waals surface area (Å²) in [6.07, 6.45) is 8.21. The first-order valence-electron chi connectivity index (χ1n) is 16.0. The van der Waals surface area contributed by atoms with Gasteiger partial charge < -0.3 is 40.2 Å². The Balaban J connectivity index is 1.91. The van der Waals surface area contributed by atoms with E-state index in [4.69, 9.17) is 19.7 Å². The largest absolute Gasteiger partial charge is 0.481 e. The van der Waals surface area contributed by atoms with Crippen LogP contribution in [-0.2, 0) is 40.0 Å². The predicted octanol–water partition coefficient (Wildman–Crippen LogP) is 1.61. The van der Waals surface area contributed by atoms with Crippen molar-refractivity contribution in [3.05, 3.63) is 65.6 Å². The first-order chi connectivity index (χ1) is 23.7.